The molecule has 0 saturated heterocycles. The molecule has 3 aromatic rings. The van der Waals surface area contributed by atoms with E-state index in [0.717, 1.165) is 50.4 Å². The van der Waals surface area contributed by atoms with Gasteiger partial charge in [-0.05, 0) is 74.2 Å². The third kappa shape index (κ3) is 4.37. The lowest BCUT2D eigenvalue weighted by Gasteiger charge is -2.29. The molecule has 7 nitrogen and oxygen atoms in total. The molecule has 1 aliphatic heterocycles. The van der Waals surface area contributed by atoms with Gasteiger partial charge in [0.2, 0.25) is 0 Å². The zero-order valence-corrected chi connectivity index (χ0v) is 18.3. The van der Waals surface area contributed by atoms with E-state index in [0.29, 0.717) is 23.2 Å². The number of rotatable bonds is 8. The Morgan fingerprint density at radius 3 is 2.45 bits per heavy atom. The van der Waals surface area contributed by atoms with Gasteiger partial charge >= 0.3 is 5.76 Å². The lowest BCUT2D eigenvalue weighted by atomic mass is 9.98. The standard InChI is InChI=1S/C24H28N2O5/c1-16(27)17-6-7-21-20(12-17)26(24(28)31-21)10-5-4-9-25-11-8-18-13-22(29-2)23(30-3)14-19(18)15-25/h6-7,12-14H,4-5,8-11,15H2,1-3H3. The molecule has 0 N–H and O–H groups in total. The Balaban J connectivity index is 1.37. The van der Waals surface area contributed by atoms with Crippen LogP contribution in [0.4, 0.5) is 0 Å². The number of fused-ring (bicyclic) bond motifs is 2. The number of ether oxygens (including phenoxy) is 2. The summed E-state index contributed by atoms with van der Waals surface area (Å²) in [5.74, 6) is 1.14. The van der Waals surface area contributed by atoms with Crippen LogP contribution in [-0.2, 0) is 19.5 Å². The van der Waals surface area contributed by atoms with E-state index in [1.54, 1.807) is 37.0 Å². The molecule has 0 saturated carbocycles. The fraction of sp³-hybridized carbons (Fsp3) is 0.417. The zero-order chi connectivity index (χ0) is 22.0. The quantitative estimate of drug-likeness (QED) is 0.406. The highest BCUT2D eigenvalue weighted by molar-refractivity contribution is 5.97. The molecule has 1 aliphatic rings. The molecule has 7 heteroatoms. The van der Waals surface area contributed by atoms with Gasteiger partial charge in [0.25, 0.3) is 0 Å². The van der Waals surface area contributed by atoms with E-state index in [-0.39, 0.29) is 11.5 Å². The maximum absolute atomic E-state index is 12.2. The van der Waals surface area contributed by atoms with Gasteiger partial charge in [-0.3, -0.25) is 14.3 Å². The number of ketones is 1. The van der Waals surface area contributed by atoms with E-state index in [1.165, 1.54) is 18.1 Å². The monoisotopic (exact) mass is 424 g/mol. The fourth-order valence-electron chi connectivity index (χ4n) is 4.23. The van der Waals surface area contributed by atoms with Gasteiger partial charge in [0.05, 0.1) is 19.7 Å². The Bertz CT molecular complexity index is 1160. The number of oxazole rings is 1. The van der Waals surface area contributed by atoms with Crippen LogP contribution in [0, 0.1) is 0 Å². The first kappa shape index (κ1) is 21.2. The smallest absolute Gasteiger partial charge is 0.419 e. The molecule has 0 aliphatic carbocycles. The van der Waals surface area contributed by atoms with Crippen molar-refractivity contribution in [2.75, 3.05) is 27.3 Å². The average Bonchev–Trinajstić information content (AvgIpc) is 3.09. The molecule has 2 heterocycles. The van der Waals surface area contributed by atoms with Crippen molar-refractivity contribution in [1.82, 2.24) is 9.47 Å². The van der Waals surface area contributed by atoms with E-state index in [4.69, 9.17) is 13.9 Å². The van der Waals surface area contributed by atoms with Crippen LogP contribution in [0.2, 0.25) is 0 Å². The van der Waals surface area contributed by atoms with Gasteiger partial charge in [0.1, 0.15) is 0 Å². The number of hydrogen-bond acceptors (Lipinski definition) is 6. The molecule has 0 bridgehead atoms. The largest absolute Gasteiger partial charge is 0.493 e. The molecule has 31 heavy (non-hydrogen) atoms. The van der Waals surface area contributed by atoms with Crippen molar-refractivity contribution in [1.29, 1.82) is 0 Å². The summed E-state index contributed by atoms with van der Waals surface area (Å²) in [5, 5.41) is 0. The van der Waals surface area contributed by atoms with Crippen molar-refractivity contribution in [3.63, 3.8) is 0 Å². The molecule has 0 spiro atoms. The first-order valence-electron chi connectivity index (χ1n) is 10.6. The number of Topliss-reactive ketones (excluding diaryl/α,β-unsaturated/α-hetero) is 1. The number of hydrogen-bond donors (Lipinski definition) is 0. The second kappa shape index (κ2) is 8.98. The van der Waals surface area contributed by atoms with Gasteiger partial charge in [-0.15, -0.1) is 0 Å². The number of carbonyl (C=O) groups excluding carboxylic acids is 1. The highest BCUT2D eigenvalue weighted by Gasteiger charge is 2.19. The molecule has 1 aromatic heterocycles. The van der Waals surface area contributed by atoms with Gasteiger partial charge in [-0.1, -0.05) is 0 Å². The normalized spacial score (nSPS) is 13.9. The van der Waals surface area contributed by atoms with Gasteiger partial charge in [0, 0.05) is 25.2 Å². The topological polar surface area (TPSA) is 73.9 Å². The van der Waals surface area contributed by atoms with E-state index in [2.05, 4.69) is 17.0 Å². The summed E-state index contributed by atoms with van der Waals surface area (Å²) in [7, 11) is 3.32. The van der Waals surface area contributed by atoms with Crippen molar-refractivity contribution in [3.05, 3.63) is 57.6 Å². The molecule has 4 rings (SSSR count). The van der Waals surface area contributed by atoms with Crippen LogP contribution in [0.25, 0.3) is 11.1 Å². The Labute approximate surface area is 181 Å². The highest BCUT2D eigenvalue weighted by atomic mass is 16.5. The minimum Gasteiger partial charge on any atom is -0.493 e. The van der Waals surface area contributed by atoms with Crippen molar-refractivity contribution < 1.29 is 18.7 Å². The van der Waals surface area contributed by atoms with E-state index >= 15 is 0 Å². The Hall–Kier alpha value is -3.06. The second-order valence-electron chi connectivity index (χ2n) is 7.97. The second-order valence-corrected chi connectivity index (χ2v) is 7.97. The first-order chi connectivity index (χ1) is 15.0. The van der Waals surface area contributed by atoms with Crippen LogP contribution in [0.3, 0.4) is 0 Å². The summed E-state index contributed by atoms with van der Waals surface area (Å²) < 4.78 is 17.8. The van der Waals surface area contributed by atoms with Gasteiger partial charge in [-0.25, -0.2) is 4.79 Å². The molecule has 0 amide bonds. The Morgan fingerprint density at radius 1 is 1.03 bits per heavy atom. The number of aryl methyl sites for hydroxylation is 1. The van der Waals surface area contributed by atoms with E-state index in [1.807, 2.05) is 0 Å². The van der Waals surface area contributed by atoms with Gasteiger partial charge in [0.15, 0.2) is 22.9 Å². The van der Waals surface area contributed by atoms with Crippen LogP contribution in [-0.4, -0.2) is 42.6 Å². The van der Waals surface area contributed by atoms with Crippen molar-refractivity contribution >= 4 is 16.9 Å². The molecular formula is C24H28N2O5. The van der Waals surface area contributed by atoms with Crippen LogP contribution in [0.1, 0.15) is 41.3 Å². The third-order valence-corrected chi connectivity index (χ3v) is 5.98. The van der Waals surface area contributed by atoms with Crippen LogP contribution >= 0.6 is 0 Å². The number of unbranched alkanes of at least 4 members (excludes halogenated alkanes) is 1. The number of aromatic nitrogens is 1. The molecule has 0 fully saturated rings. The lowest BCUT2D eigenvalue weighted by molar-refractivity contribution is 0.101. The molecule has 0 unspecified atom stereocenters. The molecule has 0 radical (unpaired) electrons. The summed E-state index contributed by atoms with van der Waals surface area (Å²) in [4.78, 5) is 26.3. The number of methoxy groups -OCH3 is 2. The first-order valence-corrected chi connectivity index (χ1v) is 10.6. The van der Waals surface area contributed by atoms with Crippen LogP contribution < -0.4 is 15.2 Å². The maximum Gasteiger partial charge on any atom is 0.419 e. The van der Waals surface area contributed by atoms with Crippen molar-refractivity contribution in [2.24, 2.45) is 0 Å². The van der Waals surface area contributed by atoms with Crippen LogP contribution in [0.5, 0.6) is 11.5 Å². The lowest BCUT2D eigenvalue weighted by Crippen LogP contribution is -2.31. The molecule has 2 aromatic carbocycles. The highest BCUT2D eigenvalue weighted by Crippen LogP contribution is 2.33. The van der Waals surface area contributed by atoms with Crippen LogP contribution in [0.15, 0.2) is 39.5 Å². The van der Waals surface area contributed by atoms with E-state index in [9.17, 15) is 9.59 Å². The maximum atomic E-state index is 12.2. The van der Waals surface area contributed by atoms with Gasteiger partial charge in [-0.2, -0.15) is 0 Å². The summed E-state index contributed by atoms with van der Waals surface area (Å²) >= 11 is 0. The van der Waals surface area contributed by atoms with Crippen molar-refractivity contribution in [2.45, 2.75) is 39.3 Å². The molecule has 164 valence electrons. The minimum absolute atomic E-state index is 0.0262. The summed E-state index contributed by atoms with van der Waals surface area (Å²) in [6.45, 7) is 4.93. The van der Waals surface area contributed by atoms with Crippen molar-refractivity contribution in [3.8, 4) is 11.5 Å². The summed E-state index contributed by atoms with van der Waals surface area (Å²) in [6, 6.07) is 9.28. The fourth-order valence-corrected chi connectivity index (χ4v) is 4.23. The predicted octanol–water partition coefficient (Wildman–Crippen LogP) is 3.65. The zero-order valence-electron chi connectivity index (χ0n) is 18.3. The summed E-state index contributed by atoms with van der Waals surface area (Å²) in [5.41, 5.74) is 4.38. The number of benzene rings is 2. The molecular weight excluding hydrogens is 396 g/mol. The number of nitrogens with zero attached hydrogens (tertiary/aromatic N) is 2. The third-order valence-electron chi connectivity index (χ3n) is 5.98. The average molecular weight is 424 g/mol. The number of carbonyl (C=O) groups is 1. The SMILES string of the molecule is COc1cc2c(cc1OC)CN(CCCCn1c(=O)oc3ccc(C(C)=O)cc31)CC2. The Morgan fingerprint density at radius 2 is 1.74 bits per heavy atom. The Kier molecular flexibility index (Phi) is 6.13. The minimum atomic E-state index is -0.372. The van der Waals surface area contributed by atoms with E-state index < -0.39 is 0 Å². The molecule has 0 atom stereocenters. The predicted molar refractivity (Wildman–Crippen MR) is 118 cm³/mol. The van der Waals surface area contributed by atoms with Gasteiger partial charge < -0.3 is 13.9 Å². The summed E-state index contributed by atoms with van der Waals surface area (Å²) in [6.07, 6.45) is 2.80.